The first kappa shape index (κ1) is 58.2. The van der Waals surface area contributed by atoms with E-state index in [1.165, 1.54) is 21.5 Å². The quantitative estimate of drug-likeness (QED) is 0.140. The second-order valence-electron chi connectivity index (χ2n) is 25.6. The van der Waals surface area contributed by atoms with Gasteiger partial charge in [-0.25, -0.2) is 9.97 Å². The summed E-state index contributed by atoms with van der Waals surface area (Å²) in [7, 11) is 0. The Kier molecular flexibility index (Phi) is 13.7. The molecule has 0 aliphatic rings. The maximum absolute atomic E-state index is 6.96. The fourth-order valence-electron chi connectivity index (χ4n) is 15.1. The summed E-state index contributed by atoms with van der Waals surface area (Å²) >= 11 is 0. The largest absolute Gasteiger partial charge is 0.455 e. The van der Waals surface area contributed by atoms with Gasteiger partial charge in [0, 0.05) is 54.6 Å². The smallest absolute Gasteiger partial charge is 0.238 e. The summed E-state index contributed by atoms with van der Waals surface area (Å²) < 4.78 is 18.2. The van der Waals surface area contributed by atoms with Crippen LogP contribution in [0.4, 0.5) is 0 Å². The van der Waals surface area contributed by atoms with Crippen molar-refractivity contribution in [3.63, 3.8) is 0 Å². The van der Waals surface area contributed by atoms with Crippen LogP contribution in [-0.4, -0.2) is 39.0 Å². The van der Waals surface area contributed by atoms with E-state index >= 15 is 0 Å². The molecule has 6 aromatic heterocycles. The molecule has 0 saturated carbocycles. The van der Waals surface area contributed by atoms with Crippen LogP contribution in [0.5, 0.6) is 0 Å². The summed E-state index contributed by atoms with van der Waals surface area (Å²) in [5.41, 5.74) is 18.0. The van der Waals surface area contributed by atoms with E-state index in [0.29, 0.717) is 35.2 Å². The Morgan fingerprint density at radius 1 is 0.196 bits per heavy atom. The number of fused-ring (bicyclic) bond motifs is 18. The maximum atomic E-state index is 6.96. The number of nitrogens with zero attached hydrogens (tertiary/aromatic N) is 8. The maximum Gasteiger partial charge on any atom is 0.238 e. The van der Waals surface area contributed by atoms with Crippen molar-refractivity contribution in [2.24, 2.45) is 0 Å². The van der Waals surface area contributed by atoms with Gasteiger partial charge >= 0.3 is 0 Å². The zero-order chi connectivity index (χ0) is 67.2. The van der Waals surface area contributed by atoms with Crippen LogP contribution in [0.3, 0.4) is 0 Å². The number of aromatic nitrogens is 8. The van der Waals surface area contributed by atoms with Crippen molar-refractivity contribution in [2.75, 3.05) is 0 Å². The van der Waals surface area contributed by atoms with Crippen molar-refractivity contribution in [3.05, 3.63) is 340 Å². The van der Waals surface area contributed by atoms with Gasteiger partial charge in [0.05, 0.1) is 32.8 Å². The highest BCUT2D eigenvalue weighted by molar-refractivity contribution is 6.31. The third-order valence-electron chi connectivity index (χ3n) is 19.7. The molecule has 102 heavy (non-hydrogen) atoms. The van der Waals surface area contributed by atoms with Crippen LogP contribution in [-0.2, 0) is 0 Å². The average molecular weight is 1310 g/mol. The minimum absolute atomic E-state index is 0.546. The van der Waals surface area contributed by atoms with E-state index in [1.54, 1.807) is 0 Å². The highest BCUT2D eigenvalue weighted by Crippen LogP contribution is 2.47. The highest BCUT2D eigenvalue weighted by atomic mass is 16.3. The molecule has 0 aliphatic heterocycles. The van der Waals surface area contributed by atoms with Gasteiger partial charge in [0.1, 0.15) is 22.3 Å². The summed E-state index contributed by atoms with van der Waals surface area (Å²) in [6.45, 7) is 0. The van der Waals surface area contributed by atoms with E-state index in [4.69, 9.17) is 38.7 Å². The molecule has 0 unspecified atom stereocenters. The first-order valence-corrected chi connectivity index (χ1v) is 34.2. The number of para-hydroxylation sites is 2. The molecule has 0 aliphatic carbocycles. The minimum atomic E-state index is 0.546. The van der Waals surface area contributed by atoms with Crippen molar-refractivity contribution >= 4 is 109 Å². The van der Waals surface area contributed by atoms with Crippen molar-refractivity contribution in [1.82, 2.24) is 39.0 Å². The van der Waals surface area contributed by atoms with Gasteiger partial charge in [0.15, 0.2) is 23.3 Å². The standard InChI is InChI=1S/C49H30N4O.C43H26N4O/c1-4-14-31(15-5-1)32-24-26-35(27-25-32)48-50-47(34-18-8-3-9-19-34)51-49(52-48)53-41-23-13-12-22-38(41)45-42(53)29-28-39-44-37-21-11-10-20-36(37)40(30-43(44)54-46(39)45)33-16-6-2-7-17-33;1-4-14-27(15-5-1)34-26-37-38(31-21-11-10-20-30(31)34)33-24-25-36-39(40(33)48-37)32-22-12-13-23-35(32)47(36)43-45-41(28-16-6-2-7-17-28)44-42(46-43)29-18-8-3-9-19-29/h1-30H;1-26H. The van der Waals surface area contributed by atoms with Crippen LogP contribution in [0.1, 0.15) is 0 Å². The zero-order valence-corrected chi connectivity index (χ0v) is 54.7. The Morgan fingerprint density at radius 3 is 0.853 bits per heavy atom. The van der Waals surface area contributed by atoms with Crippen LogP contribution in [0, 0.1) is 0 Å². The average Bonchev–Trinajstić information content (AvgIpc) is 1.56. The third-order valence-corrected chi connectivity index (χ3v) is 19.7. The molecule has 0 spiro atoms. The summed E-state index contributed by atoms with van der Waals surface area (Å²) in [6.07, 6.45) is 0. The van der Waals surface area contributed by atoms with Gasteiger partial charge in [-0.2, -0.15) is 19.9 Å². The molecular formula is C92H56N8O2. The van der Waals surface area contributed by atoms with E-state index < -0.39 is 0 Å². The lowest BCUT2D eigenvalue weighted by molar-refractivity contribution is 0.673. The Hall–Kier alpha value is -14.0. The summed E-state index contributed by atoms with van der Waals surface area (Å²) in [6, 6.07) is 117. The first-order chi connectivity index (χ1) is 50.6. The molecule has 10 heteroatoms. The number of rotatable bonds is 9. The highest BCUT2D eigenvalue weighted by Gasteiger charge is 2.26. The van der Waals surface area contributed by atoms with Crippen molar-refractivity contribution in [3.8, 4) is 90.8 Å². The fraction of sp³-hybridized carbons (Fsp3) is 0. The predicted octanol–water partition coefficient (Wildman–Crippen LogP) is 23.7. The molecule has 476 valence electrons. The number of furan rings is 2. The van der Waals surface area contributed by atoms with Crippen molar-refractivity contribution < 1.29 is 8.83 Å². The Balaban J connectivity index is 0.000000138. The molecule has 0 bridgehead atoms. The second kappa shape index (κ2) is 23.9. The van der Waals surface area contributed by atoms with Crippen LogP contribution in [0.25, 0.3) is 200 Å². The van der Waals surface area contributed by atoms with Crippen LogP contribution >= 0.6 is 0 Å². The zero-order valence-electron chi connectivity index (χ0n) is 54.7. The number of benzene rings is 15. The molecule has 6 heterocycles. The molecule has 10 nitrogen and oxygen atoms in total. The van der Waals surface area contributed by atoms with E-state index in [9.17, 15) is 0 Å². The van der Waals surface area contributed by atoms with Gasteiger partial charge in [0.2, 0.25) is 11.9 Å². The van der Waals surface area contributed by atoms with Crippen molar-refractivity contribution in [1.29, 1.82) is 0 Å². The second-order valence-corrected chi connectivity index (χ2v) is 25.6. The molecule has 15 aromatic carbocycles. The van der Waals surface area contributed by atoms with Crippen LogP contribution in [0.2, 0.25) is 0 Å². The molecule has 0 saturated heterocycles. The number of hydrogen-bond donors (Lipinski definition) is 0. The van der Waals surface area contributed by atoms with Crippen LogP contribution in [0.15, 0.2) is 349 Å². The lowest BCUT2D eigenvalue weighted by atomic mass is 9.95. The SMILES string of the molecule is c1ccc(-c2ccc(-c3nc(-c4ccccc4)nc(-n4c5ccccc5c5c6oc7cc(-c8ccccc8)c8ccccc8c7c6ccc54)n3)cc2)cc1.c1ccc(-c2nc(-c3ccccc3)nc(-n3c4ccccc4c4c5oc6cc(-c7ccccc7)c7ccccc7c6c5ccc43)n2)cc1. The molecule has 21 aromatic rings. The van der Waals surface area contributed by atoms with E-state index in [1.807, 2.05) is 97.1 Å². The van der Waals surface area contributed by atoms with Gasteiger partial charge in [-0.15, -0.1) is 0 Å². The minimum Gasteiger partial charge on any atom is -0.455 e. The lowest BCUT2D eigenvalue weighted by Crippen LogP contribution is -2.06. The van der Waals surface area contributed by atoms with Gasteiger partial charge in [0.25, 0.3) is 0 Å². The fourth-order valence-corrected chi connectivity index (χ4v) is 15.1. The first-order valence-electron chi connectivity index (χ1n) is 34.2. The Labute approximate surface area is 584 Å². The Morgan fingerprint density at radius 2 is 0.480 bits per heavy atom. The molecule has 0 radical (unpaired) electrons. The molecular weight excluding hydrogens is 1250 g/mol. The Bertz CT molecular complexity index is 6780. The molecule has 21 rings (SSSR count). The monoisotopic (exact) mass is 1300 g/mol. The molecule has 0 N–H and O–H groups in total. The predicted molar refractivity (Wildman–Crippen MR) is 416 cm³/mol. The van der Waals surface area contributed by atoms with E-state index in [-0.39, 0.29) is 0 Å². The van der Waals surface area contributed by atoms with Gasteiger partial charge in [-0.1, -0.05) is 291 Å². The normalized spacial score (nSPS) is 11.7. The van der Waals surface area contributed by atoms with Gasteiger partial charge < -0.3 is 8.83 Å². The topological polar surface area (TPSA) is 113 Å². The van der Waals surface area contributed by atoms with Gasteiger partial charge in [-0.05, 0) is 103 Å². The van der Waals surface area contributed by atoms with E-state index in [0.717, 1.165) is 143 Å². The molecule has 0 atom stereocenters. The number of hydrogen-bond acceptors (Lipinski definition) is 8. The van der Waals surface area contributed by atoms with E-state index in [2.05, 4.69) is 252 Å². The molecule has 0 amide bonds. The lowest BCUT2D eigenvalue weighted by Gasteiger charge is -2.11. The van der Waals surface area contributed by atoms with Crippen LogP contribution < -0.4 is 0 Å². The summed E-state index contributed by atoms with van der Waals surface area (Å²) in [4.78, 5) is 30.5. The summed E-state index contributed by atoms with van der Waals surface area (Å²) in [5, 5.41) is 13.4. The molecule has 0 fully saturated rings. The summed E-state index contributed by atoms with van der Waals surface area (Å²) in [5.74, 6) is 3.56. The van der Waals surface area contributed by atoms with Crippen molar-refractivity contribution in [2.45, 2.75) is 0 Å². The third kappa shape index (κ3) is 9.64. The van der Waals surface area contributed by atoms with Gasteiger partial charge in [-0.3, -0.25) is 9.13 Å².